The number of aryl methyl sites for hydroxylation is 1. The van der Waals surface area contributed by atoms with E-state index in [9.17, 15) is 9.59 Å². The fourth-order valence-electron chi connectivity index (χ4n) is 2.31. The van der Waals surface area contributed by atoms with Crippen molar-refractivity contribution < 1.29 is 23.8 Å². The van der Waals surface area contributed by atoms with Crippen molar-refractivity contribution in [3.05, 3.63) is 71.3 Å². The van der Waals surface area contributed by atoms with E-state index in [-0.39, 0.29) is 0 Å². The highest BCUT2D eigenvalue weighted by Gasteiger charge is 2.09. The number of methoxy groups -OCH3 is 1. The predicted octanol–water partition coefficient (Wildman–Crippen LogP) is 4.42. The minimum Gasteiger partial charge on any atom is -0.493 e. The van der Waals surface area contributed by atoms with Crippen LogP contribution in [0.25, 0.3) is 6.08 Å². The molecule has 152 valence electrons. The Balaban J connectivity index is 1.88. The Bertz CT molecular complexity index is 923. The lowest BCUT2D eigenvalue weighted by molar-refractivity contribution is -0.142. The van der Waals surface area contributed by atoms with Gasteiger partial charge in [-0.05, 0) is 48.4 Å². The van der Waals surface area contributed by atoms with E-state index in [0.717, 1.165) is 5.56 Å². The van der Waals surface area contributed by atoms with E-state index in [1.807, 2.05) is 13.0 Å². The summed E-state index contributed by atoms with van der Waals surface area (Å²) in [6, 6.07) is 10.4. The molecule has 2 aromatic carbocycles. The van der Waals surface area contributed by atoms with Crippen molar-refractivity contribution in [2.24, 2.45) is 0 Å². The molecule has 0 saturated heterocycles. The summed E-state index contributed by atoms with van der Waals surface area (Å²) in [7, 11) is 1.52. The molecule has 0 unspecified atom stereocenters. The van der Waals surface area contributed by atoms with Crippen molar-refractivity contribution in [1.82, 2.24) is 0 Å². The van der Waals surface area contributed by atoms with Crippen molar-refractivity contribution in [2.75, 3.05) is 25.6 Å². The van der Waals surface area contributed by atoms with Crippen LogP contribution < -0.4 is 14.8 Å². The number of carbonyl (C=O) groups excluding carboxylic acids is 2. The van der Waals surface area contributed by atoms with Crippen molar-refractivity contribution in [3.8, 4) is 11.5 Å². The van der Waals surface area contributed by atoms with Crippen LogP contribution in [0.4, 0.5) is 5.69 Å². The number of halogens is 1. The summed E-state index contributed by atoms with van der Waals surface area (Å²) in [5.41, 5.74) is 2.14. The SMILES string of the molecule is C=CCOc1ccc(/C=C/C(=O)OCC(=O)Nc2ccc(C)cc2Cl)cc1OC. The van der Waals surface area contributed by atoms with Gasteiger partial charge in [0.25, 0.3) is 5.91 Å². The molecule has 0 spiro atoms. The van der Waals surface area contributed by atoms with Crippen LogP contribution in [0.2, 0.25) is 5.02 Å². The molecule has 29 heavy (non-hydrogen) atoms. The summed E-state index contributed by atoms with van der Waals surface area (Å²) in [4.78, 5) is 23.8. The quantitative estimate of drug-likeness (QED) is 0.373. The zero-order valence-electron chi connectivity index (χ0n) is 16.2. The normalized spacial score (nSPS) is 10.4. The van der Waals surface area contributed by atoms with Gasteiger partial charge >= 0.3 is 5.97 Å². The molecule has 0 atom stereocenters. The molecule has 6 nitrogen and oxygen atoms in total. The maximum Gasteiger partial charge on any atom is 0.331 e. The van der Waals surface area contributed by atoms with Crippen molar-refractivity contribution >= 4 is 35.2 Å². The monoisotopic (exact) mass is 415 g/mol. The van der Waals surface area contributed by atoms with E-state index < -0.39 is 18.5 Å². The molecule has 0 fully saturated rings. The number of nitrogens with one attached hydrogen (secondary N) is 1. The first-order valence-corrected chi connectivity index (χ1v) is 9.13. The summed E-state index contributed by atoms with van der Waals surface area (Å²) in [5, 5.41) is 3.01. The molecule has 0 aliphatic heterocycles. The first kappa shape index (κ1) is 22.0. The zero-order valence-corrected chi connectivity index (χ0v) is 17.0. The summed E-state index contributed by atoms with van der Waals surface area (Å²) in [6.07, 6.45) is 4.41. The predicted molar refractivity (Wildman–Crippen MR) is 113 cm³/mol. The smallest absolute Gasteiger partial charge is 0.331 e. The Morgan fingerprint density at radius 1 is 1.17 bits per heavy atom. The average molecular weight is 416 g/mol. The fraction of sp³-hybridized carbons (Fsp3) is 0.182. The Kier molecular flexibility index (Phi) is 8.30. The Morgan fingerprint density at radius 3 is 2.66 bits per heavy atom. The molecule has 1 amide bonds. The highest BCUT2D eigenvalue weighted by atomic mass is 35.5. The molecule has 2 rings (SSSR count). The number of hydrogen-bond acceptors (Lipinski definition) is 5. The van der Waals surface area contributed by atoms with Gasteiger partial charge in [-0.3, -0.25) is 4.79 Å². The van der Waals surface area contributed by atoms with E-state index in [1.165, 1.54) is 13.2 Å². The van der Waals surface area contributed by atoms with Gasteiger partial charge in [-0.2, -0.15) is 0 Å². The molecule has 7 heteroatoms. The lowest BCUT2D eigenvalue weighted by Gasteiger charge is -2.09. The largest absolute Gasteiger partial charge is 0.493 e. The third-order valence-corrected chi connectivity index (χ3v) is 4.01. The molecule has 1 N–H and O–H groups in total. The molecule has 0 aromatic heterocycles. The fourth-order valence-corrected chi connectivity index (χ4v) is 2.59. The van der Waals surface area contributed by atoms with Gasteiger partial charge in [0.1, 0.15) is 6.61 Å². The minimum absolute atomic E-state index is 0.355. The number of amides is 1. The van der Waals surface area contributed by atoms with Gasteiger partial charge in [0, 0.05) is 6.08 Å². The first-order chi connectivity index (χ1) is 13.9. The molecule has 2 aromatic rings. The molecule has 0 radical (unpaired) electrons. The van der Waals surface area contributed by atoms with Crippen LogP contribution in [0.1, 0.15) is 11.1 Å². The maximum absolute atomic E-state index is 11.9. The first-order valence-electron chi connectivity index (χ1n) is 8.75. The van der Waals surface area contributed by atoms with Gasteiger partial charge < -0.3 is 19.5 Å². The number of anilines is 1. The van der Waals surface area contributed by atoms with Crippen LogP contribution in [0.3, 0.4) is 0 Å². The van der Waals surface area contributed by atoms with Crippen molar-refractivity contribution in [3.63, 3.8) is 0 Å². The standard InChI is InChI=1S/C22H22ClNO5/c1-4-11-28-19-9-6-16(13-20(19)27-3)7-10-22(26)29-14-21(25)24-18-8-5-15(2)12-17(18)23/h4-10,12-13H,1,11,14H2,2-3H3,(H,24,25)/b10-7+. The summed E-state index contributed by atoms with van der Waals surface area (Å²) in [5.74, 6) is -0.0423. The third-order valence-electron chi connectivity index (χ3n) is 3.70. The second-order valence-electron chi connectivity index (χ2n) is 5.98. The molecule has 0 saturated carbocycles. The molecular formula is C22H22ClNO5. The molecule has 0 aliphatic carbocycles. The number of ether oxygens (including phenoxy) is 3. The zero-order chi connectivity index (χ0) is 21.2. The second kappa shape index (κ2) is 10.9. The molecule has 0 aliphatic rings. The van der Waals surface area contributed by atoms with Gasteiger partial charge in [0.15, 0.2) is 18.1 Å². The Hall–Kier alpha value is -3.25. The van der Waals surface area contributed by atoms with E-state index in [0.29, 0.717) is 34.4 Å². The number of esters is 1. The van der Waals surface area contributed by atoms with Crippen LogP contribution in [-0.4, -0.2) is 32.2 Å². The Morgan fingerprint density at radius 2 is 1.97 bits per heavy atom. The van der Waals surface area contributed by atoms with E-state index in [2.05, 4.69) is 11.9 Å². The van der Waals surface area contributed by atoms with Crippen molar-refractivity contribution in [1.29, 1.82) is 0 Å². The topological polar surface area (TPSA) is 73.9 Å². The molecule has 0 heterocycles. The highest BCUT2D eigenvalue weighted by Crippen LogP contribution is 2.28. The summed E-state index contributed by atoms with van der Waals surface area (Å²) in [6.45, 7) is 5.42. The van der Waals surface area contributed by atoms with Gasteiger partial charge in [-0.1, -0.05) is 36.4 Å². The maximum atomic E-state index is 11.9. The van der Waals surface area contributed by atoms with Crippen LogP contribution in [0.5, 0.6) is 11.5 Å². The van der Waals surface area contributed by atoms with E-state index in [1.54, 1.807) is 42.5 Å². The van der Waals surface area contributed by atoms with E-state index >= 15 is 0 Å². The number of hydrogen-bond donors (Lipinski definition) is 1. The average Bonchev–Trinajstić information content (AvgIpc) is 2.71. The van der Waals surface area contributed by atoms with Crippen LogP contribution in [0, 0.1) is 6.92 Å². The second-order valence-corrected chi connectivity index (χ2v) is 6.39. The van der Waals surface area contributed by atoms with Crippen LogP contribution >= 0.6 is 11.6 Å². The van der Waals surface area contributed by atoms with Crippen LogP contribution in [0.15, 0.2) is 55.1 Å². The summed E-state index contributed by atoms with van der Waals surface area (Å²) < 4.78 is 15.7. The lowest BCUT2D eigenvalue weighted by Crippen LogP contribution is -2.20. The lowest BCUT2D eigenvalue weighted by atomic mass is 10.2. The van der Waals surface area contributed by atoms with Gasteiger partial charge in [0.2, 0.25) is 0 Å². The highest BCUT2D eigenvalue weighted by molar-refractivity contribution is 6.33. The molecule has 0 bridgehead atoms. The minimum atomic E-state index is -0.652. The summed E-state index contributed by atoms with van der Waals surface area (Å²) >= 11 is 6.06. The van der Waals surface area contributed by atoms with E-state index in [4.69, 9.17) is 25.8 Å². The van der Waals surface area contributed by atoms with Gasteiger partial charge in [0.05, 0.1) is 17.8 Å². The van der Waals surface area contributed by atoms with Gasteiger partial charge in [-0.25, -0.2) is 4.79 Å². The Labute approximate surface area is 174 Å². The van der Waals surface area contributed by atoms with Gasteiger partial charge in [-0.15, -0.1) is 0 Å². The number of carbonyl (C=O) groups is 2. The van der Waals surface area contributed by atoms with Crippen LogP contribution in [-0.2, 0) is 14.3 Å². The number of rotatable bonds is 9. The van der Waals surface area contributed by atoms with Crippen molar-refractivity contribution in [2.45, 2.75) is 6.92 Å². The third kappa shape index (κ3) is 7.01. The molecular weight excluding hydrogens is 394 g/mol. The number of benzene rings is 2.